The fraction of sp³-hybridized carbons (Fsp3) is 0.545. The molecule has 1 aromatic heterocycles. The average molecular weight is 272 g/mol. The van der Waals surface area contributed by atoms with Crippen molar-refractivity contribution in [2.45, 2.75) is 37.6 Å². The Bertz CT molecular complexity index is 572. The van der Waals surface area contributed by atoms with Crippen LogP contribution in [0.5, 0.6) is 0 Å². The van der Waals surface area contributed by atoms with Gasteiger partial charge in [0, 0.05) is 18.7 Å². The van der Waals surface area contributed by atoms with Gasteiger partial charge in [-0.25, -0.2) is 13.6 Å². The maximum atomic E-state index is 12.1. The van der Waals surface area contributed by atoms with E-state index in [1.54, 1.807) is 4.90 Å². The summed E-state index contributed by atoms with van der Waals surface area (Å²) in [4.78, 5) is 13.7. The van der Waals surface area contributed by atoms with E-state index in [1.807, 2.05) is 6.92 Å². The van der Waals surface area contributed by atoms with Crippen molar-refractivity contribution in [1.82, 2.24) is 4.90 Å². The first kappa shape index (κ1) is 13.1. The molecule has 0 aromatic carbocycles. The first-order chi connectivity index (χ1) is 8.34. The van der Waals surface area contributed by atoms with Crippen LogP contribution in [0.4, 0.5) is 0 Å². The van der Waals surface area contributed by atoms with Gasteiger partial charge in [-0.1, -0.05) is 0 Å². The van der Waals surface area contributed by atoms with Gasteiger partial charge >= 0.3 is 0 Å². The second-order valence-electron chi connectivity index (χ2n) is 4.40. The van der Waals surface area contributed by atoms with Crippen molar-refractivity contribution in [3.05, 3.63) is 17.6 Å². The van der Waals surface area contributed by atoms with Crippen molar-refractivity contribution in [1.29, 1.82) is 0 Å². The van der Waals surface area contributed by atoms with Gasteiger partial charge in [0.15, 0.2) is 5.76 Å². The van der Waals surface area contributed by atoms with Crippen molar-refractivity contribution >= 4 is 15.9 Å². The summed E-state index contributed by atoms with van der Waals surface area (Å²) in [5.74, 6) is -0.101. The quantitative estimate of drug-likeness (QED) is 0.879. The molecule has 0 bridgehead atoms. The van der Waals surface area contributed by atoms with Crippen LogP contribution in [0.25, 0.3) is 0 Å². The summed E-state index contributed by atoms with van der Waals surface area (Å²) < 4.78 is 27.7. The van der Waals surface area contributed by atoms with Crippen LogP contribution < -0.4 is 5.14 Å². The molecule has 1 aliphatic carbocycles. The van der Waals surface area contributed by atoms with Crippen molar-refractivity contribution in [3.8, 4) is 0 Å². The van der Waals surface area contributed by atoms with E-state index < -0.39 is 10.0 Å². The second kappa shape index (κ2) is 4.40. The Kier molecular flexibility index (Phi) is 3.20. The Balaban J connectivity index is 2.31. The van der Waals surface area contributed by atoms with Crippen LogP contribution in [0.2, 0.25) is 0 Å². The molecule has 1 heterocycles. The number of carbonyl (C=O) groups is 1. The number of rotatable bonds is 4. The van der Waals surface area contributed by atoms with Crippen LogP contribution in [-0.2, 0) is 10.0 Å². The maximum Gasteiger partial charge on any atom is 0.289 e. The molecule has 0 aliphatic heterocycles. The largest absolute Gasteiger partial charge is 0.455 e. The number of sulfonamides is 1. The number of amides is 1. The van der Waals surface area contributed by atoms with E-state index >= 15 is 0 Å². The summed E-state index contributed by atoms with van der Waals surface area (Å²) >= 11 is 0. The van der Waals surface area contributed by atoms with Crippen LogP contribution in [0, 0.1) is 6.92 Å². The van der Waals surface area contributed by atoms with Gasteiger partial charge in [0.2, 0.25) is 10.0 Å². The van der Waals surface area contributed by atoms with Gasteiger partial charge in [-0.2, -0.15) is 0 Å². The highest BCUT2D eigenvalue weighted by molar-refractivity contribution is 7.89. The number of nitrogens with two attached hydrogens (primary N) is 1. The highest BCUT2D eigenvalue weighted by Crippen LogP contribution is 2.29. The van der Waals surface area contributed by atoms with Crippen molar-refractivity contribution < 1.29 is 17.6 Å². The summed E-state index contributed by atoms with van der Waals surface area (Å²) in [5.41, 5.74) is 0. The predicted octanol–water partition coefficient (Wildman–Crippen LogP) is 0.860. The van der Waals surface area contributed by atoms with Crippen LogP contribution in [-0.4, -0.2) is 31.8 Å². The molecule has 100 valence electrons. The molecule has 1 aliphatic rings. The van der Waals surface area contributed by atoms with E-state index in [0.29, 0.717) is 6.54 Å². The lowest BCUT2D eigenvalue weighted by molar-refractivity contribution is 0.0719. The van der Waals surface area contributed by atoms with E-state index in [0.717, 1.165) is 12.8 Å². The zero-order valence-corrected chi connectivity index (χ0v) is 11.2. The Labute approximate surface area is 106 Å². The molecule has 18 heavy (non-hydrogen) atoms. The molecule has 0 spiro atoms. The van der Waals surface area contributed by atoms with Gasteiger partial charge in [-0.3, -0.25) is 4.79 Å². The third-order valence-corrected chi connectivity index (χ3v) is 4.00. The molecule has 0 unspecified atom stereocenters. The van der Waals surface area contributed by atoms with Gasteiger partial charge in [0.05, 0.1) is 0 Å². The van der Waals surface area contributed by atoms with Crippen molar-refractivity contribution in [3.63, 3.8) is 0 Å². The van der Waals surface area contributed by atoms with Gasteiger partial charge in [0.1, 0.15) is 10.7 Å². The molecule has 6 nitrogen and oxygen atoms in total. The molecule has 1 saturated carbocycles. The standard InChI is InChI=1S/C11H16N2O4S/c1-3-13(8-4-5-8)11(14)9-6-10(7(2)17-9)18(12,15)16/h6,8H,3-5H2,1-2H3,(H2,12,15,16). The Morgan fingerprint density at radius 2 is 2.17 bits per heavy atom. The Morgan fingerprint density at radius 1 is 1.56 bits per heavy atom. The minimum atomic E-state index is -3.85. The number of aryl methyl sites for hydroxylation is 1. The SMILES string of the molecule is CCN(C(=O)c1cc(S(N)(=O)=O)c(C)o1)C1CC1. The van der Waals surface area contributed by atoms with Crippen LogP contribution >= 0.6 is 0 Å². The average Bonchev–Trinajstić information content (AvgIpc) is 3.00. The lowest BCUT2D eigenvalue weighted by Gasteiger charge is -2.18. The highest BCUT2D eigenvalue weighted by atomic mass is 32.2. The van der Waals surface area contributed by atoms with Crippen LogP contribution in [0.15, 0.2) is 15.4 Å². The first-order valence-corrected chi connectivity index (χ1v) is 7.33. The topological polar surface area (TPSA) is 93.6 Å². The summed E-state index contributed by atoms with van der Waals surface area (Å²) in [6, 6.07) is 1.46. The molecule has 1 fully saturated rings. The lowest BCUT2D eigenvalue weighted by atomic mass is 10.3. The minimum Gasteiger partial charge on any atom is -0.455 e. The monoisotopic (exact) mass is 272 g/mol. The van der Waals surface area contributed by atoms with Gasteiger partial charge < -0.3 is 9.32 Å². The third kappa shape index (κ3) is 2.41. The normalized spacial score (nSPS) is 15.7. The number of primary sulfonamides is 1. The van der Waals surface area contributed by atoms with Crippen molar-refractivity contribution in [2.24, 2.45) is 5.14 Å². The Hall–Kier alpha value is -1.34. The minimum absolute atomic E-state index is 0.0327. The summed E-state index contributed by atoms with van der Waals surface area (Å²) in [7, 11) is -3.85. The van der Waals surface area contributed by atoms with Crippen molar-refractivity contribution in [2.75, 3.05) is 6.54 Å². The maximum absolute atomic E-state index is 12.1. The fourth-order valence-electron chi connectivity index (χ4n) is 1.95. The molecular weight excluding hydrogens is 256 g/mol. The first-order valence-electron chi connectivity index (χ1n) is 5.78. The molecule has 0 atom stereocenters. The Morgan fingerprint density at radius 3 is 2.56 bits per heavy atom. The van der Waals surface area contributed by atoms with E-state index in [-0.39, 0.29) is 28.4 Å². The van der Waals surface area contributed by atoms with E-state index in [9.17, 15) is 13.2 Å². The van der Waals surface area contributed by atoms with Crippen LogP contribution in [0.3, 0.4) is 0 Å². The summed E-state index contributed by atoms with van der Waals surface area (Å²) in [6.07, 6.45) is 1.97. The van der Waals surface area contributed by atoms with E-state index in [4.69, 9.17) is 9.56 Å². The molecule has 7 heteroatoms. The zero-order chi connectivity index (χ0) is 13.5. The number of carbonyl (C=O) groups excluding carboxylic acids is 1. The van der Waals surface area contributed by atoms with E-state index in [2.05, 4.69) is 0 Å². The molecule has 2 rings (SSSR count). The molecule has 0 radical (unpaired) electrons. The van der Waals surface area contributed by atoms with E-state index in [1.165, 1.54) is 13.0 Å². The number of hydrogen-bond acceptors (Lipinski definition) is 4. The smallest absolute Gasteiger partial charge is 0.289 e. The summed E-state index contributed by atoms with van der Waals surface area (Å²) in [5, 5.41) is 5.04. The van der Waals surface area contributed by atoms with Gasteiger partial charge in [-0.15, -0.1) is 0 Å². The number of nitrogens with zero attached hydrogens (tertiary/aromatic N) is 1. The molecule has 1 aromatic rings. The number of hydrogen-bond donors (Lipinski definition) is 1. The molecule has 0 saturated heterocycles. The lowest BCUT2D eigenvalue weighted by Crippen LogP contribution is -2.32. The summed E-state index contributed by atoms with van der Waals surface area (Å²) in [6.45, 7) is 3.94. The van der Waals surface area contributed by atoms with Gasteiger partial charge in [-0.05, 0) is 26.7 Å². The predicted molar refractivity (Wildman–Crippen MR) is 64.6 cm³/mol. The second-order valence-corrected chi connectivity index (χ2v) is 5.93. The molecule has 2 N–H and O–H groups in total. The third-order valence-electron chi connectivity index (χ3n) is 2.98. The molecular formula is C11H16N2O4S. The fourth-order valence-corrected chi connectivity index (χ4v) is 2.66. The highest BCUT2D eigenvalue weighted by Gasteiger charge is 2.34. The zero-order valence-electron chi connectivity index (χ0n) is 10.3. The van der Waals surface area contributed by atoms with Crippen LogP contribution in [0.1, 0.15) is 36.1 Å². The number of furan rings is 1. The molecule has 1 amide bonds. The van der Waals surface area contributed by atoms with Gasteiger partial charge in [0.25, 0.3) is 5.91 Å².